The lowest BCUT2D eigenvalue weighted by Gasteiger charge is -2.32. The Balaban J connectivity index is 1.74. The van der Waals surface area contributed by atoms with E-state index in [9.17, 15) is 4.79 Å². The maximum absolute atomic E-state index is 12.3. The van der Waals surface area contributed by atoms with Crippen LogP contribution in [0.25, 0.3) is 0 Å². The maximum atomic E-state index is 12.3. The largest absolute Gasteiger partial charge is 0.444 e. The van der Waals surface area contributed by atoms with Crippen LogP contribution >= 0.6 is 0 Å². The minimum Gasteiger partial charge on any atom is -0.444 e. The van der Waals surface area contributed by atoms with E-state index >= 15 is 0 Å². The fourth-order valence-corrected chi connectivity index (χ4v) is 3.26. The zero-order chi connectivity index (χ0) is 17.4. The number of carbonyl (C=O) groups excluding carboxylic acids is 1. The molecule has 5 nitrogen and oxygen atoms in total. The van der Waals surface area contributed by atoms with Crippen molar-refractivity contribution in [2.45, 2.75) is 44.9 Å². The highest BCUT2D eigenvalue weighted by atomic mass is 16.6. The standard InChI is InChI=1S/C19H26N2O3/c1-14(15-8-6-5-7-9-15)21-10-16-11-23-13-19(16,12-21)20-17(22)24-18(2,3)4/h5-10,14H,11-13H2,1-4H3,(H,20,22)/t14-,19+/m1/s1. The topological polar surface area (TPSA) is 50.8 Å². The average molecular weight is 330 g/mol. The number of alkyl carbamates (subject to hydrolysis) is 1. The summed E-state index contributed by atoms with van der Waals surface area (Å²) < 4.78 is 11.0. The van der Waals surface area contributed by atoms with Gasteiger partial charge in [-0.25, -0.2) is 4.79 Å². The molecule has 3 rings (SSSR count). The molecule has 1 aromatic rings. The molecular weight excluding hydrogens is 304 g/mol. The van der Waals surface area contributed by atoms with E-state index in [0.29, 0.717) is 19.8 Å². The minimum absolute atomic E-state index is 0.238. The van der Waals surface area contributed by atoms with E-state index < -0.39 is 17.2 Å². The molecular formula is C19H26N2O3. The third-order valence-electron chi connectivity index (χ3n) is 4.51. The fourth-order valence-electron chi connectivity index (χ4n) is 3.26. The van der Waals surface area contributed by atoms with Gasteiger partial charge in [-0.05, 0) is 33.3 Å². The van der Waals surface area contributed by atoms with Crippen LogP contribution in [0.15, 0.2) is 42.1 Å². The lowest BCUT2D eigenvalue weighted by Crippen LogP contribution is -2.54. The number of hydrogen-bond acceptors (Lipinski definition) is 4. The first kappa shape index (κ1) is 16.8. The van der Waals surface area contributed by atoms with Crippen molar-refractivity contribution in [3.8, 4) is 0 Å². The van der Waals surface area contributed by atoms with Gasteiger partial charge in [-0.2, -0.15) is 0 Å². The number of amides is 1. The van der Waals surface area contributed by atoms with E-state index in [2.05, 4.69) is 35.5 Å². The van der Waals surface area contributed by atoms with E-state index in [0.717, 1.165) is 5.57 Å². The second-order valence-corrected chi connectivity index (χ2v) is 7.62. The predicted octanol–water partition coefficient (Wildman–Crippen LogP) is 3.24. The monoisotopic (exact) mass is 330 g/mol. The van der Waals surface area contributed by atoms with Crippen LogP contribution in [0.1, 0.15) is 39.3 Å². The lowest BCUT2D eigenvalue weighted by molar-refractivity contribution is 0.0436. The van der Waals surface area contributed by atoms with Gasteiger partial charge in [-0.1, -0.05) is 30.3 Å². The summed E-state index contributed by atoms with van der Waals surface area (Å²) in [6, 6.07) is 10.6. The van der Waals surface area contributed by atoms with Crippen molar-refractivity contribution >= 4 is 6.09 Å². The van der Waals surface area contributed by atoms with Gasteiger partial charge in [0, 0.05) is 18.3 Å². The molecule has 0 saturated carbocycles. The first-order chi connectivity index (χ1) is 11.3. The van der Waals surface area contributed by atoms with Crippen molar-refractivity contribution in [3.63, 3.8) is 0 Å². The molecule has 0 aliphatic carbocycles. The fraction of sp³-hybridized carbons (Fsp3) is 0.526. The molecule has 0 radical (unpaired) electrons. The Morgan fingerprint density at radius 2 is 2.04 bits per heavy atom. The number of ether oxygens (including phenoxy) is 2. The molecule has 1 fully saturated rings. The van der Waals surface area contributed by atoms with Crippen molar-refractivity contribution in [2.24, 2.45) is 0 Å². The Labute approximate surface area is 143 Å². The number of nitrogens with one attached hydrogen (secondary N) is 1. The Hall–Kier alpha value is -2.01. The van der Waals surface area contributed by atoms with Crippen LogP contribution in [0.3, 0.4) is 0 Å². The Bertz CT molecular complexity index is 636. The quantitative estimate of drug-likeness (QED) is 0.924. The Morgan fingerprint density at radius 1 is 1.33 bits per heavy atom. The number of benzene rings is 1. The third-order valence-corrected chi connectivity index (χ3v) is 4.51. The SMILES string of the molecule is C[C@H](c1ccccc1)N1C=C2COC[C@@]2(NC(=O)OC(C)(C)C)C1. The van der Waals surface area contributed by atoms with Crippen molar-refractivity contribution in [1.82, 2.24) is 10.2 Å². The van der Waals surface area contributed by atoms with Crippen molar-refractivity contribution in [3.05, 3.63) is 47.7 Å². The molecule has 1 aromatic carbocycles. The zero-order valence-electron chi connectivity index (χ0n) is 14.8. The van der Waals surface area contributed by atoms with Crippen LogP contribution in [-0.2, 0) is 9.47 Å². The summed E-state index contributed by atoms with van der Waals surface area (Å²) in [5.74, 6) is 0. The molecule has 2 atom stereocenters. The van der Waals surface area contributed by atoms with E-state index in [4.69, 9.17) is 9.47 Å². The van der Waals surface area contributed by atoms with Gasteiger partial charge in [-0.3, -0.25) is 0 Å². The molecule has 1 saturated heterocycles. The zero-order valence-corrected chi connectivity index (χ0v) is 14.8. The molecule has 1 amide bonds. The average Bonchev–Trinajstić information content (AvgIpc) is 3.01. The van der Waals surface area contributed by atoms with Gasteiger partial charge < -0.3 is 19.7 Å². The number of nitrogens with zero attached hydrogens (tertiary/aromatic N) is 1. The number of fused-ring (bicyclic) bond motifs is 1. The molecule has 1 N–H and O–H groups in total. The molecule has 0 aromatic heterocycles. The summed E-state index contributed by atoms with van der Waals surface area (Å²) >= 11 is 0. The molecule has 130 valence electrons. The molecule has 0 spiro atoms. The van der Waals surface area contributed by atoms with Gasteiger partial charge >= 0.3 is 6.09 Å². The number of hydrogen-bond donors (Lipinski definition) is 1. The Morgan fingerprint density at radius 3 is 2.71 bits per heavy atom. The predicted molar refractivity (Wildman–Crippen MR) is 92.6 cm³/mol. The molecule has 2 aliphatic heterocycles. The molecule has 2 heterocycles. The summed E-state index contributed by atoms with van der Waals surface area (Å²) in [7, 11) is 0. The first-order valence-corrected chi connectivity index (χ1v) is 8.40. The van der Waals surface area contributed by atoms with Gasteiger partial charge in [0.15, 0.2) is 0 Å². The highest BCUT2D eigenvalue weighted by Crippen LogP contribution is 2.36. The molecule has 2 aliphatic rings. The van der Waals surface area contributed by atoms with Crippen molar-refractivity contribution in [1.29, 1.82) is 0 Å². The minimum atomic E-state index is -0.514. The van der Waals surface area contributed by atoms with Crippen LogP contribution in [-0.4, -0.2) is 41.9 Å². The highest BCUT2D eigenvalue weighted by molar-refractivity contribution is 5.70. The summed E-state index contributed by atoms with van der Waals surface area (Å²) in [4.78, 5) is 14.5. The van der Waals surface area contributed by atoms with Crippen molar-refractivity contribution in [2.75, 3.05) is 19.8 Å². The summed E-state index contributed by atoms with van der Waals surface area (Å²) in [5.41, 5.74) is 1.37. The van der Waals surface area contributed by atoms with E-state index in [1.54, 1.807) is 0 Å². The van der Waals surface area contributed by atoms with E-state index in [1.165, 1.54) is 5.56 Å². The highest BCUT2D eigenvalue weighted by Gasteiger charge is 2.47. The van der Waals surface area contributed by atoms with E-state index in [1.807, 2.05) is 39.0 Å². The third kappa shape index (κ3) is 3.41. The van der Waals surface area contributed by atoms with Crippen LogP contribution in [0.4, 0.5) is 4.79 Å². The lowest BCUT2D eigenvalue weighted by atomic mass is 9.96. The van der Waals surface area contributed by atoms with E-state index in [-0.39, 0.29) is 6.04 Å². The van der Waals surface area contributed by atoms with Crippen LogP contribution < -0.4 is 5.32 Å². The van der Waals surface area contributed by atoms with Gasteiger partial charge in [0.05, 0.1) is 19.3 Å². The molecule has 0 bridgehead atoms. The second-order valence-electron chi connectivity index (χ2n) is 7.62. The van der Waals surface area contributed by atoms with Crippen LogP contribution in [0, 0.1) is 0 Å². The van der Waals surface area contributed by atoms with Gasteiger partial charge in [0.1, 0.15) is 11.1 Å². The molecule has 24 heavy (non-hydrogen) atoms. The van der Waals surface area contributed by atoms with Gasteiger partial charge in [0.25, 0.3) is 0 Å². The summed E-state index contributed by atoms with van der Waals surface area (Å²) in [6.45, 7) is 9.50. The van der Waals surface area contributed by atoms with Gasteiger partial charge in [0.2, 0.25) is 0 Å². The summed E-state index contributed by atoms with van der Waals surface area (Å²) in [6.07, 6.45) is 1.73. The van der Waals surface area contributed by atoms with Gasteiger partial charge in [-0.15, -0.1) is 0 Å². The smallest absolute Gasteiger partial charge is 0.408 e. The maximum Gasteiger partial charge on any atom is 0.408 e. The van der Waals surface area contributed by atoms with Crippen LogP contribution in [0.2, 0.25) is 0 Å². The second kappa shape index (κ2) is 6.13. The summed E-state index contributed by atoms with van der Waals surface area (Å²) in [5, 5.41) is 3.05. The molecule has 0 unspecified atom stereocenters. The van der Waals surface area contributed by atoms with Crippen LogP contribution in [0.5, 0.6) is 0 Å². The first-order valence-electron chi connectivity index (χ1n) is 8.40. The number of carbonyl (C=O) groups is 1. The normalized spacial score (nSPS) is 24.3. The Kier molecular flexibility index (Phi) is 4.30. The molecule has 5 heteroatoms. The number of rotatable bonds is 3. The van der Waals surface area contributed by atoms with Crippen molar-refractivity contribution < 1.29 is 14.3 Å².